The number of carboxylic acid groups (broad SMARTS) is 1. The Bertz CT molecular complexity index is 547. The lowest BCUT2D eigenvalue weighted by Gasteiger charge is -2.18. The van der Waals surface area contributed by atoms with E-state index in [0.717, 1.165) is 38.5 Å². The summed E-state index contributed by atoms with van der Waals surface area (Å²) in [6, 6.07) is 0. The van der Waals surface area contributed by atoms with Crippen molar-refractivity contribution in [3.63, 3.8) is 0 Å². The predicted molar refractivity (Wildman–Crippen MR) is 177 cm³/mol. The Morgan fingerprint density at radius 1 is 0.439 bits per heavy atom. The Morgan fingerprint density at radius 2 is 0.732 bits per heavy atom. The average Bonchev–Trinajstić information content (AvgIpc) is 2.95. The summed E-state index contributed by atoms with van der Waals surface area (Å²) in [5.74, 6) is -0.789. The van der Waals surface area contributed by atoms with Gasteiger partial charge in [0, 0.05) is 12.8 Å². The van der Waals surface area contributed by atoms with Gasteiger partial charge in [0.1, 0.15) is 6.10 Å². The molecule has 41 heavy (non-hydrogen) atoms. The maximum Gasteiger partial charge on any atom is 0.306 e. The van der Waals surface area contributed by atoms with Gasteiger partial charge in [-0.2, -0.15) is 0 Å². The molecule has 0 spiro atoms. The van der Waals surface area contributed by atoms with Crippen LogP contribution in [0.2, 0.25) is 0 Å². The monoisotopic (exact) mass is 581 g/mol. The Kier molecular flexibility index (Phi) is 32.6. The molecule has 244 valence electrons. The number of esters is 1. The maximum absolute atomic E-state index is 12.5. The quantitative estimate of drug-likeness (QED) is 0.0607. The van der Waals surface area contributed by atoms with Gasteiger partial charge in [-0.15, -0.1) is 0 Å². The number of ether oxygens (including phenoxy) is 1. The van der Waals surface area contributed by atoms with E-state index in [1.807, 2.05) is 0 Å². The number of unbranched alkanes of at least 4 members (excludes halogenated alkanes) is 25. The fourth-order valence-electron chi connectivity index (χ4n) is 5.83. The summed E-state index contributed by atoms with van der Waals surface area (Å²) >= 11 is 0. The van der Waals surface area contributed by atoms with Gasteiger partial charge in [-0.25, -0.2) is 0 Å². The van der Waals surface area contributed by atoms with Gasteiger partial charge in [0.2, 0.25) is 0 Å². The van der Waals surface area contributed by atoms with Crippen LogP contribution in [0.25, 0.3) is 0 Å². The van der Waals surface area contributed by atoms with Crippen molar-refractivity contribution in [2.45, 2.75) is 225 Å². The van der Waals surface area contributed by atoms with Crippen molar-refractivity contribution >= 4 is 11.9 Å². The molecule has 0 amide bonds. The normalized spacial score (nSPS) is 12.0. The molecule has 0 aliphatic heterocycles. The molecule has 0 aromatic heterocycles. The van der Waals surface area contributed by atoms with Crippen molar-refractivity contribution < 1.29 is 19.4 Å². The number of hydrogen-bond acceptors (Lipinski definition) is 3. The Balaban J connectivity index is 3.85. The highest BCUT2D eigenvalue weighted by Crippen LogP contribution is 2.19. The minimum absolute atomic E-state index is 0.0361. The molecule has 1 atom stereocenters. The van der Waals surface area contributed by atoms with Crippen LogP contribution < -0.4 is 0 Å². The molecule has 0 saturated carbocycles. The standard InChI is InChI=1S/C37H72O4/c1-3-5-7-9-11-13-15-17-18-20-22-24-26-28-34-37(40)41-35(32-29-30-33-36(38)39)31-27-25-23-21-19-16-14-12-10-8-6-4-2/h35H,3-34H2,1-2H3,(H,38,39). The largest absolute Gasteiger partial charge is 0.481 e. The first kappa shape index (κ1) is 39.9. The molecule has 0 aliphatic carbocycles. The average molecular weight is 581 g/mol. The van der Waals surface area contributed by atoms with Gasteiger partial charge in [0.25, 0.3) is 0 Å². The molecule has 0 fully saturated rings. The van der Waals surface area contributed by atoms with Crippen molar-refractivity contribution in [3.8, 4) is 0 Å². The highest BCUT2D eigenvalue weighted by atomic mass is 16.5. The van der Waals surface area contributed by atoms with E-state index in [2.05, 4.69) is 13.8 Å². The van der Waals surface area contributed by atoms with E-state index in [1.54, 1.807) is 0 Å². The Morgan fingerprint density at radius 3 is 1.10 bits per heavy atom. The number of carbonyl (C=O) groups is 2. The zero-order valence-corrected chi connectivity index (χ0v) is 27.9. The molecule has 4 heteroatoms. The van der Waals surface area contributed by atoms with E-state index in [9.17, 15) is 9.59 Å². The van der Waals surface area contributed by atoms with E-state index >= 15 is 0 Å². The molecule has 0 rings (SSSR count). The first-order valence-corrected chi connectivity index (χ1v) is 18.5. The SMILES string of the molecule is CCCCCCCCCCCCCCCCC(=O)OC(CCCCCCCCCCCCCC)CCCCC(=O)O. The van der Waals surface area contributed by atoms with Crippen molar-refractivity contribution in [1.82, 2.24) is 0 Å². The third-order valence-electron chi connectivity index (χ3n) is 8.58. The number of aliphatic carboxylic acids is 1. The van der Waals surface area contributed by atoms with E-state index < -0.39 is 5.97 Å². The molecule has 0 heterocycles. The second-order valence-corrected chi connectivity index (χ2v) is 12.8. The molecule has 0 bridgehead atoms. The van der Waals surface area contributed by atoms with Crippen LogP contribution in [-0.4, -0.2) is 23.1 Å². The summed E-state index contributed by atoms with van der Waals surface area (Å²) in [6.45, 7) is 4.55. The van der Waals surface area contributed by atoms with Gasteiger partial charge in [0.05, 0.1) is 0 Å². The first-order valence-electron chi connectivity index (χ1n) is 18.5. The van der Waals surface area contributed by atoms with Crippen LogP contribution in [-0.2, 0) is 14.3 Å². The smallest absolute Gasteiger partial charge is 0.306 e. The van der Waals surface area contributed by atoms with Crippen LogP contribution in [0.4, 0.5) is 0 Å². The van der Waals surface area contributed by atoms with E-state index in [4.69, 9.17) is 9.84 Å². The van der Waals surface area contributed by atoms with Gasteiger partial charge < -0.3 is 9.84 Å². The summed E-state index contributed by atoms with van der Waals surface area (Å²) in [7, 11) is 0. The third-order valence-corrected chi connectivity index (χ3v) is 8.58. The summed E-state index contributed by atoms with van der Waals surface area (Å²) in [5, 5.41) is 8.92. The predicted octanol–water partition coefficient (Wildman–Crippen LogP) is 12.5. The second-order valence-electron chi connectivity index (χ2n) is 12.8. The number of carboxylic acids is 1. The summed E-state index contributed by atoms with van der Waals surface area (Å²) in [6.07, 6.45) is 38.2. The lowest BCUT2D eigenvalue weighted by molar-refractivity contribution is -0.150. The molecule has 1 N–H and O–H groups in total. The summed E-state index contributed by atoms with van der Waals surface area (Å²) in [5.41, 5.74) is 0. The molecular weight excluding hydrogens is 508 g/mol. The molecule has 0 aromatic rings. The van der Waals surface area contributed by atoms with Crippen LogP contribution in [0.15, 0.2) is 0 Å². The lowest BCUT2D eigenvalue weighted by Crippen LogP contribution is -2.18. The van der Waals surface area contributed by atoms with Crippen LogP contribution >= 0.6 is 0 Å². The van der Waals surface area contributed by atoms with Gasteiger partial charge >= 0.3 is 11.9 Å². The van der Waals surface area contributed by atoms with Crippen molar-refractivity contribution in [2.24, 2.45) is 0 Å². The van der Waals surface area contributed by atoms with E-state index in [1.165, 1.54) is 148 Å². The maximum atomic E-state index is 12.5. The fourth-order valence-corrected chi connectivity index (χ4v) is 5.83. The van der Waals surface area contributed by atoms with E-state index in [-0.39, 0.29) is 18.5 Å². The molecule has 0 saturated heterocycles. The second kappa shape index (κ2) is 33.4. The highest BCUT2D eigenvalue weighted by molar-refractivity contribution is 5.69. The van der Waals surface area contributed by atoms with Gasteiger partial charge in [0.15, 0.2) is 0 Å². The fraction of sp³-hybridized carbons (Fsp3) is 0.946. The number of hydrogen-bond donors (Lipinski definition) is 1. The first-order chi connectivity index (χ1) is 20.1. The zero-order valence-electron chi connectivity index (χ0n) is 27.9. The summed E-state index contributed by atoms with van der Waals surface area (Å²) in [4.78, 5) is 23.4. The van der Waals surface area contributed by atoms with Crippen LogP contribution in [0.1, 0.15) is 219 Å². The molecule has 0 radical (unpaired) electrons. The van der Waals surface area contributed by atoms with Crippen molar-refractivity contribution in [2.75, 3.05) is 0 Å². The topological polar surface area (TPSA) is 63.6 Å². The Labute approximate surface area is 256 Å². The van der Waals surface area contributed by atoms with Gasteiger partial charge in [-0.1, -0.05) is 168 Å². The molecule has 4 nitrogen and oxygen atoms in total. The van der Waals surface area contributed by atoms with Crippen LogP contribution in [0, 0.1) is 0 Å². The molecule has 0 aliphatic rings. The molecular formula is C37H72O4. The van der Waals surface area contributed by atoms with Gasteiger partial charge in [-0.05, 0) is 38.5 Å². The van der Waals surface area contributed by atoms with Crippen LogP contribution in [0.3, 0.4) is 0 Å². The van der Waals surface area contributed by atoms with E-state index in [0.29, 0.717) is 12.8 Å². The Hall–Kier alpha value is -1.06. The number of carbonyl (C=O) groups excluding carboxylic acids is 1. The lowest BCUT2D eigenvalue weighted by atomic mass is 10.0. The molecule has 1 unspecified atom stereocenters. The highest BCUT2D eigenvalue weighted by Gasteiger charge is 2.14. The summed E-state index contributed by atoms with van der Waals surface area (Å²) < 4.78 is 5.88. The van der Waals surface area contributed by atoms with Crippen molar-refractivity contribution in [1.29, 1.82) is 0 Å². The van der Waals surface area contributed by atoms with Crippen LogP contribution in [0.5, 0.6) is 0 Å². The minimum atomic E-state index is -0.739. The van der Waals surface area contributed by atoms with Gasteiger partial charge in [-0.3, -0.25) is 9.59 Å². The molecule has 0 aromatic carbocycles. The third kappa shape index (κ3) is 33.3. The minimum Gasteiger partial charge on any atom is -0.481 e. The number of rotatable bonds is 34. The van der Waals surface area contributed by atoms with Crippen molar-refractivity contribution in [3.05, 3.63) is 0 Å². The zero-order chi connectivity index (χ0) is 30.1.